The highest BCUT2D eigenvalue weighted by Gasteiger charge is 2.26. The molecule has 66 valence electrons. The molecule has 1 fully saturated rings. The molecule has 1 heteroatoms. The van der Waals surface area contributed by atoms with Crippen molar-refractivity contribution in [3.8, 4) is 0 Å². The Morgan fingerprint density at radius 3 is 2.45 bits per heavy atom. The zero-order chi connectivity index (χ0) is 8.27. The third kappa shape index (κ3) is 2.82. The van der Waals surface area contributed by atoms with Gasteiger partial charge in [0.25, 0.3) is 0 Å². The summed E-state index contributed by atoms with van der Waals surface area (Å²) < 4.78 is 0. The van der Waals surface area contributed by atoms with Gasteiger partial charge >= 0.3 is 0 Å². The fraction of sp³-hybridized carbons (Fsp3) is 1.00. The second-order valence-electron chi connectivity index (χ2n) is 4.33. The Labute approximate surface area is 70.4 Å². The van der Waals surface area contributed by atoms with Gasteiger partial charge in [-0.15, -0.1) is 0 Å². The Morgan fingerprint density at radius 2 is 2.09 bits per heavy atom. The molecule has 0 amide bonds. The van der Waals surface area contributed by atoms with E-state index < -0.39 is 0 Å². The summed E-state index contributed by atoms with van der Waals surface area (Å²) in [6, 6.07) is 0.544. The summed E-state index contributed by atoms with van der Waals surface area (Å²) in [6.07, 6.45) is 6.80. The average molecular weight is 155 g/mol. The summed E-state index contributed by atoms with van der Waals surface area (Å²) in [5, 5.41) is 0. The lowest BCUT2D eigenvalue weighted by Crippen LogP contribution is -2.39. The van der Waals surface area contributed by atoms with Gasteiger partial charge in [0.2, 0.25) is 0 Å². The van der Waals surface area contributed by atoms with Gasteiger partial charge in [0.05, 0.1) is 0 Å². The van der Waals surface area contributed by atoms with Gasteiger partial charge in [-0.25, -0.2) is 0 Å². The molecule has 1 nitrogen and oxygen atoms in total. The maximum atomic E-state index is 5.84. The first kappa shape index (κ1) is 9.05. The van der Waals surface area contributed by atoms with Gasteiger partial charge in [-0.05, 0) is 31.1 Å². The third-order valence-electron chi connectivity index (χ3n) is 2.83. The van der Waals surface area contributed by atoms with Crippen molar-refractivity contribution in [1.29, 1.82) is 0 Å². The highest BCUT2D eigenvalue weighted by Crippen LogP contribution is 2.30. The van der Waals surface area contributed by atoms with Crippen molar-refractivity contribution in [3.63, 3.8) is 0 Å². The van der Waals surface area contributed by atoms with Crippen molar-refractivity contribution in [1.82, 2.24) is 0 Å². The molecule has 0 heterocycles. The van der Waals surface area contributed by atoms with Crippen molar-refractivity contribution in [2.75, 3.05) is 0 Å². The largest absolute Gasteiger partial charge is 0.327 e. The van der Waals surface area contributed by atoms with Gasteiger partial charge in [0, 0.05) is 6.04 Å². The molecule has 11 heavy (non-hydrogen) atoms. The standard InChI is InChI=1S/C10H21N/c1-8(2)4-3-5-9-6-7-10(9)11/h8-10H,3-7,11H2,1-2H3. The van der Waals surface area contributed by atoms with Crippen LogP contribution in [0, 0.1) is 11.8 Å². The predicted molar refractivity (Wildman–Crippen MR) is 49.4 cm³/mol. The van der Waals surface area contributed by atoms with E-state index in [4.69, 9.17) is 5.73 Å². The van der Waals surface area contributed by atoms with E-state index in [1.165, 1.54) is 32.1 Å². The normalized spacial score (nSPS) is 30.5. The summed E-state index contributed by atoms with van der Waals surface area (Å²) in [6.45, 7) is 4.58. The van der Waals surface area contributed by atoms with Crippen LogP contribution in [0.1, 0.15) is 46.0 Å². The van der Waals surface area contributed by atoms with E-state index >= 15 is 0 Å². The summed E-state index contributed by atoms with van der Waals surface area (Å²) >= 11 is 0. The maximum Gasteiger partial charge on any atom is 0.00672 e. The van der Waals surface area contributed by atoms with E-state index in [1.807, 2.05) is 0 Å². The van der Waals surface area contributed by atoms with Crippen molar-refractivity contribution in [2.45, 2.75) is 52.0 Å². The lowest BCUT2D eigenvalue weighted by molar-refractivity contribution is 0.232. The molecule has 0 aromatic rings. The zero-order valence-corrected chi connectivity index (χ0v) is 7.84. The van der Waals surface area contributed by atoms with Gasteiger partial charge in [0.1, 0.15) is 0 Å². The van der Waals surface area contributed by atoms with E-state index in [1.54, 1.807) is 0 Å². The van der Waals surface area contributed by atoms with E-state index in [0.29, 0.717) is 6.04 Å². The fourth-order valence-electron chi connectivity index (χ4n) is 1.74. The van der Waals surface area contributed by atoms with Gasteiger partial charge < -0.3 is 5.73 Å². The molecule has 0 aromatic heterocycles. The van der Waals surface area contributed by atoms with Crippen LogP contribution in [0.4, 0.5) is 0 Å². The molecule has 0 bridgehead atoms. The minimum atomic E-state index is 0.544. The Balaban J connectivity index is 1.95. The molecule has 2 unspecified atom stereocenters. The lowest BCUT2D eigenvalue weighted by Gasteiger charge is -2.33. The number of nitrogens with two attached hydrogens (primary N) is 1. The van der Waals surface area contributed by atoms with Crippen LogP contribution in [-0.4, -0.2) is 6.04 Å². The second kappa shape index (κ2) is 4.10. The monoisotopic (exact) mass is 155 g/mol. The summed E-state index contributed by atoms with van der Waals surface area (Å²) in [5.74, 6) is 1.74. The van der Waals surface area contributed by atoms with Crippen LogP contribution < -0.4 is 5.73 Å². The third-order valence-corrected chi connectivity index (χ3v) is 2.83. The molecule has 2 N–H and O–H groups in total. The van der Waals surface area contributed by atoms with Gasteiger partial charge in [-0.1, -0.05) is 26.7 Å². The predicted octanol–water partition coefficient (Wildman–Crippen LogP) is 2.55. The highest BCUT2D eigenvalue weighted by molar-refractivity contribution is 4.83. The van der Waals surface area contributed by atoms with Crippen molar-refractivity contribution in [3.05, 3.63) is 0 Å². The highest BCUT2D eigenvalue weighted by atomic mass is 14.7. The van der Waals surface area contributed by atoms with Crippen LogP contribution in [0.2, 0.25) is 0 Å². The van der Waals surface area contributed by atoms with Crippen molar-refractivity contribution < 1.29 is 0 Å². The van der Waals surface area contributed by atoms with Gasteiger partial charge in [-0.2, -0.15) is 0 Å². The molecule has 0 radical (unpaired) electrons. The smallest absolute Gasteiger partial charge is 0.00672 e. The van der Waals surface area contributed by atoms with E-state index in [-0.39, 0.29) is 0 Å². The topological polar surface area (TPSA) is 26.0 Å². The number of rotatable bonds is 4. The lowest BCUT2D eigenvalue weighted by atomic mass is 9.77. The fourth-order valence-corrected chi connectivity index (χ4v) is 1.74. The van der Waals surface area contributed by atoms with E-state index in [9.17, 15) is 0 Å². The van der Waals surface area contributed by atoms with Crippen LogP contribution in [0.3, 0.4) is 0 Å². The first-order chi connectivity index (χ1) is 5.20. The maximum absolute atomic E-state index is 5.84. The Morgan fingerprint density at radius 1 is 1.36 bits per heavy atom. The molecular formula is C10H21N. The molecule has 1 rings (SSSR count). The minimum absolute atomic E-state index is 0.544. The zero-order valence-electron chi connectivity index (χ0n) is 7.84. The van der Waals surface area contributed by atoms with Crippen molar-refractivity contribution in [2.24, 2.45) is 17.6 Å². The van der Waals surface area contributed by atoms with Crippen LogP contribution in [0.25, 0.3) is 0 Å². The molecule has 2 atom stereocenters. The molecule has 1 aliphatic carbocycles. The molecule has 1 saturated carbocycles. The Kier molecular flexibility index (Phi) is 3.38. The molecule has 0 spiro atoms. The van der Waals surface area contributed by atoms with Crippen LogP contribution in [0.5, 0.6) is 0 Å². The average Bonchev–Trinajstić information content (AvgIpc) is 1.94. The second-order valence-corrected chi connectivity index (χ2v) is 4.33. The first-order valence-electron chi connectivity index (χ1n) is 4.95. The SMILES string of the molecule is CC(C)CCCC1CCC1N. The summed E-state index contributed by atoms with van der Waals surface area (Å²) in [4.78, 5) is 0. The molecule has 0 aliphatic heterocycles. The molecule has 0 saturated heterocycles. The first-order valence-corrected chi connectivity index (χ1v) is 4.95. The molecule has 0 aromatic carbocycles. The minimum Gasteiger partial charge on any atom is -0.327 e. The molecular weight excluding hydrogens is 134 g/mol. The van der Waals surface area contributed by atoms with Crippen LogP contribution >= 0.6 is 0 Å². The van der Waals surface area contributed by atoms with E-state index in [2.05, 4.69) is 13.8 Å². The molecule has 1 aliphatic rings. The quantitative estimate of drug-likeness (QED) is 0.663. The van der Waals surface area contributed by atoms with Gasteiger partial charge in [-0.3, -0.25) is 0 Å². The summed E-state index contributed by atoms with van der Waals surface area (Å²) in [5.41, 5.74) is 5.84. The van der Waals surface area contributed by atoms with E-state index in [0.717, 1.165) is 11.8 Å². The Bertz CT molecular complexity index is 109. The Hall–Kier alpha value is -0.0400. The van der Waals surface area contributed by atoms with Gasteiger partial charge in [0.15, 0.2) is 0 Å². The number of hydrogen-bond acceptors (Lipinski definition) is 1. The number of hydrogen-bond donors (Lipinski definition) is 1. The summed E-state index contributed by atoms with van der Waals surface area (Å²) in [7, 11) is 0. The van der Waals surface area contributed by atoms with Crippen LogP contribution in [0.15, 0.2) is 0 Å². The van der Waals surface area contributed by atoms with Crippen LogP contribution in [-0.2, 0) is 0 Å². The van der Waals surface area contributed by atoms with Crippen molar-refractivity contribution >= 4 is 0 Å².